The molecule has 0 fully saturated rings. The number of halogens is 2. The van der Waals surface area contributed by atoms with Crippen LogP contribution < -0.4 is 5.73 Å². The van der Waals surface area contributed by atoms with Gasteiger partial charge in [0.1, 0.15) is 11.9 Å². The summed E-state index contributed by atoms with van der Waals surface area (Å²) in [5.74, 6) is -0.527. The minimum Gasteiger partial charge on any atom is -0.399 e. The first-order valence-electron chi connectivity index (χ1n) is 4.02. The summed E-state index contributed by atoms with van der Waals surface area (Å²) in [4.78, 5) is 0. The van der Waals surface area contributed by atoms with Crippen molar-refractivity contribution in [2.24, 2.45) is 0 Å². The topological polar surface area (TPSA) is 66.5 Å². The van der Waals surface area contributed by atoms with Crippen molar-refractivity contribution in [1.29, 1.82) is 0 Å². The highest BCUT2D eigenvalue weighted by Crippen LogP contribution is 2.21. The zero-order valence-electron chi connectivity index (χ0n) is 7.32. The van der Waals surface area contributed by atoms with Crippen LogP contribution in [0, 0.1) is 5.82 Å². The first kappa shape index (κ1) is 11.4. The van der Waals surface area contributed by atoms with Gasteiger partial charge >= 0.3 is 0 Å². The first-order chi connectivity index (χ1) is 6.54. The van der Waals surface area contributed by atoms with Crippen LogP contribution >= 0.6 is 15.9 Å². The second kappa shape index (κ2) is 4.72. The zero-order valence-corrected chi connectivity index (χ0v) is 8.91. The third-order valence-electron chi connectivity index (χ3n) is 1.81. The van der Waals surface area contributed by atoms with E-state index in [9.17, 15) is 14.6 Å². The highest BCUT2D eigenvalue weighted by Gasteiger charge is 2.17. The molecule has 14 heavy (non-hydrogen) atoms. The summed E-state index contributed by atoms with van der Waals surface area (Å²) >= 11 is 3.01. The van der Waals surface area contributed by atoms with E-state index in [0.29, 0.717) is 0 Å². The van der Waals surface area contributed by atoms with E-state index < -0.39 is 18.0 Å². The predicted octanol–water partition coefficient (Wildman–Crippen LogP) is 1.20. The molecule has 0 amide bonds. The van der Waals surface area contributed by atoms with Crippen molar-refractivity contribution < 1.29 is 14.6 Å². The molecular weight excluding hydrogens is 253 g/mol. The summed E-state index contributed by atoms with van der Waals surface area (Å²) in [5.41, 5.74) is 5.89. The van der Waals surface area contributed by atoms with Gasteiger partial charge in [-0.25, -0.2) is 4.39 Å². The molecule has 0 aliphatic heterocycles. The van der Waals surface area contributed by atoms with Crippen LogP contribution in [0.3, 0.4) is 0 Å². The standard InChI is InChI=1S/C9H11BrFNO2/c10-4-8(13)9(14)5-1-6(11)3-7(12)2-5/h1-3,8-9,13-14H,4,12H2. The Morgan fingerprint density at radius 1 is 1.36 bits per heavy atom. The molecule has 0 bridgehead atoms. The Bertz CT molecular complexity index is 301. The maximum absolute atomic E-state index is 12.9. The lowest BCUT2D eigenvalue weighted by molar-refractivity contribution is 0.0341. The van der Waals surface area contributed by atoms with Crippen LogP contribution in [0.1, 0.15) is 11.7 Å². The van der Waals surface area contributed by atoms with Crippen molar-refractivity contribution in [3.05, 3.63) is 29.6 Å². The number of alkyl halides is 1. The van der Waals surface area contributed by atoms with Gasteiger partial charge in [-0.05, 0) is 23.8 Å². The largest absolute Gasteiger partial charge is 0.399 e. The Morgan fingerprint density at radius 2 is 2.00 bits per heavy atom. The van der Waals surface area contributed by atoms with Crippen LogP contribution in [-0.2, 0) is 0 Å². The van der Waals surface area contributed by atoms with Gasteiger partial charge < -0.3 is 15.9 Å². The van der Waals surface area contributed by atoms with E-state index >= 15 is 0 Å². The van der Waals surface area contributed by atoms with E-state index in [0.717, 1.165) is 12.1 Å². The molecule has 0 saturated heterocycles. The van der Waals surface area contributed by atoms with Crippen LogP contribution in [0.4, 0.5) is 10.1 Å². The molecular formula is C9H11BrFNO2. The number of hydrogen-bond donors (Lipinski definition) is 3. The maximum Gasteiger partial charge on any atom is 0.125 e. The van der Waals surface area contributed by atoms with Crippen LogP contribution in [0.5, 0.6) is 0 Å². The molecule has 5 heteroatoms. The number of hydrogen-bond acceptors (Lipinski definition) is 3. The smallest absolute Gasteiger partial charge is 0.125 e. The number of aliphatic hydroxyl groups is 2. The Balaban J connectivity index is 2.94. The average Bonchev–Trinajstić information content (AvgIpc) is 2.14. The summed E-state index contributed by atoms with van der Waals surface area (Å²) in [5, 5.41) is 19.1. The fraction of sp³-hybridized carbons (Fsp3) is 0.333. The highest BCUT2D eigenvalue weighted by atomic mass is 79.9. The van der Waals surface area contributed by atoms with E-state index in [1.807, 2.05) is 0 Å². The van der Waals surface area contributed by atoms with Crippen LogP contribution in [0.25, 0.3) is 0 Å². The van der Waals surface area contributed by atoms with Gasteiger partial charge in [0.15, 0.2) is 0 Å². The van der Waals surface area contributed by atoms with Gasteiger partial charge in [-0.3, -0.25) is 0 Å². The van der Waals surface area contributed by atoms with Gasteiger partial charge in [0.25, 0.3) is 0 Å². The summed E-state index contributed by atoms with van der Waals surface area (Å²) in [7, 11) is 0. The summed E-state index contributed by atoms with van der Waals surface area (Å²) in [6.07, 6.45) is -2.11. The van der Waals surface area contributed by atoms with Crippen molar-refractivity contribution in [1.82, 2.24) is 0 Å². The number of rotatable bonds is 3. The molecule has 78 valence electrons. The van der Waals surface area contributed by atoms with Gasteiger partial charge in [-0.2, -0.15) is 0 Å². The minimum atomic E-state index is -1.13. The number of nitrogen functional groups attached to an aromatic ring is 1. The number of anilines is 1. The van der Waals surface area contributed by atoms with Crippen LogP contribution in [0.2, 0.25) is 0 Å². The Hall–Kier alpha value is -0.650. The molecule has 0 radical (unpaired) electrons. The number of aliphatic hydroxyl groups excluding tert-OH is 2. The van der Waals surface area contributed by atoms with Crippen LogP contribution in [-0.4, -0.2) is 21.6 Å². The van der Waals surface area contributed by atoms with E-state index in [1.54, 1.807) is 0 Å². The zero-order chi connectivity index (χ0) is 10.7. The second-order valence-electron chi connectivity index (χ2n) is 2.98. The fourth-order valence-electron chi connectivity index (χ4n) is 1.11. The number of nitrogens with two attached hydrogens (primary N) is 1. The first-order valence-corrected chi connectivity index (χ1v) is 5.15. The van der Waals surface area contributed by atoms with Crippen molar-refractivity contribution >= 4 is 21.6 Å². The van der Waals surface area contributed by atoms with Gasteiger partial charge in [-0.15, -0.1) is 0 Å². The third-order valence-corrected chi connectivity index (χ3v) is 2.47. The van der Waals surface area contributed by atoms with Crippen molar-refractivity contribution in [3.63, 3.8) is 0 Å². The Kier molecular flexibility index (Phi) is 3.86. The van der Waals surface area contributed by atoms with Gasteiger partial charge in [-0.1, -0.05) is 15.9 Å². The predicted molar refractivity (Wildman–Crippen MR) is 55.6 cm³/mol. The molecule has 2 unspecified atom stereocenters. The highest BCUT2D eigenvalue weighted by molar-refractivity contribution is 9.09. The van der Waals surface area contributed by atoms with Crippen LogP contribution in [0.15, 0.2) is 18.2 Å². The van der Waals surface area contributed by atoms with Gasteiger partial charge in [0.05, 0.1) is 6.10 Å². The number of benzene rings is 1. The summed E-state index contributed by atoms with van der Waals surface area (Å²) < 4.78 is 12.9. The Morgan fingerprint density at radius 3 is 2.50 bits per heavy atom. The van der Waals surface area contributed by atoms with E-state index in [1.165, 1.54) is 6.07 Å². The third kappa shape index (κ3) is 2.67. The molecule has 3 nitrogen and oxygen atoms in total. The molecule has 4 N–H and O–H groups in total. The molecule has 0 spiro atoms. The van der Waals surface area contributed by atoms with Crippen molar-refractivity contribution in [2.75, 3.05) is 11.1 Å². The Labute approximate surface area is 89.5 Å². The van der Waals surface area contributed by atoms with Gasteiger partial charge in [0.2, 0.25) is 0 Å². The molecule has 0 heterocycles. The van der Waals surface area contributed by atoms with E-state index in [4.69, 9.17) is 5.73 Å². The quantitative estimate of drug-likeness (QED) is 0.567. The molecule has 0 aromatic heterocycles. The van der Waals surface area contributed by atoms with E-state index in [2.05, 4.69) is 15.9 Å². The normalized spacial score (nSPS) is 15.1. The van der Waals surface area contributed by atoms with Crippen molar-refractivity contribution in [2.45, 2.75) is 12.2 Å². The molecule has 0 aliphatic rings. The van der Waals surface area contributed by atoms with Gasteiger partial charge in [0, 0.05) is 11.0 Å². The molecule has 1 rings (SSSR count). The fourth-order valence-corrected chi connectivity index (χ4v) is 1.47. The summed E-state index contributed by atoms with van der Waals surface area (Å²) in [6, 6.07) is 3.73. The SMILES string of the molecule is Nc1cc(F)cc(C(O)C(O)CBr)c1. The summed E-state index contributed by atoms with van der Waals surface area (Å²) in [6.45, 7) is 0. The van der Waals surface area contributed by atoms with Crippen molar-refractivity contribution in [3.8, 4) is 0 Å². The monoisotopic (exact) mass is 263 g/mol. The lowest BCUT2D eigenvalue weighted by Gasteiger charge is -2.16. The molecule has 0 aliphatic carbocycles. The molecule has 1 aromatic carbocycles. The average molecular weight is 264 g/mol. The maximum atomic E-state index is 12.9. The second-order valence-corrected chi connectivity index (χ2v) is 3.63. The molecule has 1 aromatic rings. The molecule has 2 atom stereocenters. The lowest BCUT2D eigenvalue weighted by Crippen LogP contribution is -2.19. The minimum absolute atomic E-state index is 0.213. The lowest BCUT2D eigenvalue weighted by atomic mass is 10.0. The molecule has 0 saturated carbocycles. The van der Waals surface area contributed by atoms with E-state index in [-0.39, 0.29) is 16.6 Å².